The molecule has 2 heterocycles. The Bertz CT molecular complexity index is 279. The number of nitrogens with one attached hydrogen (secondary N) is 1. The Labute approximate surface area is 117 Å². The minimum atomic E-state index is 0.297. The van der Waals surface area contributed by atoms with E-state index in [-0.39, 0.29) is 0 Å². The van der Waals surface area contributed by atoms with Crippen molar-refractivity contribution < 1.29 is 4.79 Å². The number of carbonyl (C=O) groups is 1. The molecule has 2 aliphatic heterocycles. The van der Waals surface area contributed by atoms with Crippen LogP contribution in [0, 0.1) is 0 Å². The summed E-state index contributed by atoms with van der Waals surface area (Å²) in [6.07, 6.45) is 5.98. The standard InChI is InChI=1S/C15H29N3O/c1-13(2)17-10-6-14(7-11-17)16-12-15(19)18-8-4-3-5-9-18/h13-14,16H,3-12H2,1-2H3. The molecule has 0 aromatic rings. The van der Waals surface area contributed by atoms with Crippen LogP contribution in [0.3, 0.4) is 0 Å². The van der Waals surface area contributed by atoms with Gasteiger partial charge in [-0.2, -0.15) is 0 Å². The van der Waals surface area contributed by atoms with Crippen LogP contribution >= 0.6 is 0 Å². The fraction of sp³-hybridized carbons (Fsp3) is 0.933. The zero-order chi connectivity index (χ0) is 13.7. The Kier molecular flexibility index (Phi) is 5.64. The van der Waals surface area contributed by atoms with E-state index in [1.807, 2.05) is 4.90 Å². The van der Waals surface area contributed by atoms with Gasteiger partial charge in [0.25, 0.3) is 0 Å². The molecule has 2 fully saturated rings. The molecule has 110 valence electrons. The third kappa shape index (κ3) is 4.46. The maximum Gasteiger partial charge on any atom is 0.236 e. The maximum absolute atomic E-state index is 12.1. The van der Waals surface area contributed by atoms with Crippen molar-refractivity contribution in [1.29, 1.82) is 0 Å². The highest BCUT2D eigenvalue weighted by Gasteiger charge is 2.22. The number of hydrogen-bond acceptors (Lipinski definition) is 3. The van der Waals surface area contributed by atoms with E-state index in [1.165, 1.54) is 32.1 Å². The SMILES string of the molecule is CC(C)N1CCC(NCC(=O)N2CCCCC2)CC1. The van der Waals surface area contributed by atoms with E-state index in [4.69, 9.17) is 0 Å². The number of carbonyl (C=O) groups excluding carboxylic acids is 1. The molecule has 1 N–H and O–H groups in total. The van der Waals surface area contributed by atoms with Gasteiger partial charge in [0.05, 0.1) is 6.54 Å². The van der Waals surface area contributed by atoms with E-state index >= 15 is 0 Å². The molecule has 0 bridgehead atoms. The third-order valence-corrected chi connectivity index (χ3v) is 4.51. The van der Waals surface area contributed by atoms with E-state index in [2.05, 4.69) is 24.1 Å². The summed E-state index contributed by atoms with van der Waals surface area (Å²) in [6.45, 7) is 9.30. The van der Waals surface area contributed by atoms with Crippen molar-refractivity contribution in [2.45, 2.75) is 58.0 Å². The molecule has 0 atom stereocenters. The maximum atomic E-state index is 12.1. The summed E-state index contributed by atoms with van der Waals surface area (Å²) in [6, 6.07) is 1.18. The van der Waals surface area contributed by atoms with Crippen LogP contribution in [0.25, 0.3) is 0 Å². The molecule has 0 aliphatic carbocycles. The summed E-state index contributed by atoms with van der Waals surface area (Å²) >= 11 is 0. The minimum Gasteiger partial charge on any atom is -0.342 e. The molecular formula is C15H29N3O. The molecule has 4 nitrogen and oxygen atoms in total. The Hall–Kier alpha value is -0.610. The molecule has 1 amide bonds. The lowest BCUT2D eigenvalue weighted by atomic mass is 10.0. The second-order valence-electron chi connectivity index (χ2n) is 6.23. The Morgan fingerprint density at radius 3 is 2.32 bits per heavy atom. The van der Waals surface area contributed by atoms with Gasteiger partial charge in [-0.15, -0.1) is 0 Å². The summed E-state index contributed by atoms with van der Waals surface area (Å²) in [7, 11) is 0. The summed E-state index contributed by atoms with van der Waals surface area (Å²) in [5.41, 5.74) is 0. The van der Waals surface area contributed by atoms with Crippen molar-refractivity contribution in [2.24, 2.45) is 0 Å². The van der Waals surface area contributed by atoms with Crippen LogP contribution in [0.4, 0.5) is 0 Å². The number of hydrogen-bond donors (Lipinski definition) is 1. The first-order valence-electron chi connectivity index (χ1n) is 7.92. The molecule has 0 aromatic heterocycles. The highest BCUT2D eigenvalue weighted by Crippen LogP contribution is 2.13. The zero-order valence-electron chi connectivity index (χ0n) is 12.5. The molecule has 2 saturated heterocycles. The summed E-state index contributed by atoms with van der Waals surface area (Å²) < 4.78 is 0. The summed E-state index contributed by atoms with van der Waals surface area (Å²) in [5, 5.41) is 3.46. The van der Waals surface area contributed by atoms with Gasteiger partial charge in [-0.1, -0.05) is 0 Å². The fourth-order valence-electron chi connectivity index (χ4n) is 3.11. The molecule has 19 heavy (non-hydrogen) atoms. The average molecular weight is 267 g/mol. The largest absolute Gasteiger partial charge is 0.342 e. The van der Waals surface area contributed by atoms with Crippen LogP contribution in [-0.4, -0.2) is 60.5 Å². The molecular weight excluding hydrogens is 238 g/mol. The first-order valence-corrected chi connectivity index (χ1v) is 7.92. The number of likely N-dealkylation sites (tertiary alicyclic amines) is 2. The van der Waals surface area contributed by atoms with Crippen molar-refractivity contribution in [3.63, 3.8) is 0 Å². The normalized spacial score (nSPS) is 23.0. The molecule has 0 aromatic carbocycles. The highest BCUT2D eigenvalue weighted by molar-refractivity contribution is 5.78. The second kappa shape index (κ2) is 7.25. The fourth-order valence-corrected chi connectivity index (χ4v) is 3.11. The van der Waals surface area contributed by atoms with Crippen LogP contribution in [0.2, 0.25) is 0 Å². The Morgan fingerprint density at radius 2 is 1.74 bits per heavy atom. The van der Waals surface area contributed by atoms with Gasteiger partial charge in [-0.25, -0.2) is 0 Å². The lowest BCUT2D eigenvalue weighted by molar-refractivity contribution is -0.131. The van der Waals surface area contributed by atoms with Gasteiger partial charge in [-0.3, -0.25) is 4.79 Å². The smallest absolute Gasteiger partial charge is 0.236 e. The second-order valence-corrected chi connectivity index (χ2v) is 6.23. The number of amides is 1. The van der Waals surface area contributed by atoms with Crippen molar-refractivity contribution >= 4 is 5.91 Å². The van der Waals surface area contributed by atoms with Crippen LogP contribution in [-0.2, 0) is 4.79 Å². The Morgan fingerprint density at radius 1 is 1.11 bits per heavy atom. The van der Waals surface area contributed by atoms with E-state index in [0.717, 1.165) is 26.2 Å². The zero-order valence-corrected chi connectivity index (χ0v) is 12.5. The monoisotopic (exact) mass is 267 g/mol. The third-order valence-electron chi connectivity index (χ3n) is 4.51. The minimum absolute atomic E-state index is 0.297. The predicted octanol–water partition coefficient (Wildman–Crippen LogP) is 1.46. The summed E-state index contributed by atoms with van der Waals surface area (Å²) in [4.78, 5) is 16.6. The van der Waals surface area contributed by atoms with Gasteiger partial charge < -0.3 is 15.1 Å². The van der Waals surface area contributed by atoms with Crippen molar-refractivity contribution in [3.05, 3.63) is 0 Å². The average Bonchev–Trinajstić information content (AvgIpc) is 2.46. The molecule has 4 heteroatoms. The molecule has 0 radical (unpaired) electrons. The quantitative estimate of drug-likeness (QED) is 0.837. The van der Waals surface area contributed by atoms with Crippen molar-refractivity contribution in [2.75, 3.05) is 32.7 Å². The summed E-state index contributed by atoms with van der Waals surface area (Å²) in [5.74, 6) is 0.297. The topological polar surface area (TPSA) is 35.6 Å². The first-order chi connectivity index (χ1) is 9.16. The predicted molar refractivity (Wildman–Crippen MR) is 78.2 cm³/mol. The van der Waals surface area contributed by atoms with E-state index in [0.29, 0.717) is 24.5 Å². The van der Waals surface area contributed by atoms with Crippen LogP contribution < -0.4 is 5.32 Å². The van der Waals surface area contributed by atoms with E-state index < -0.39 is 0 Å². The van der Waals surface area contributed by atoms with Gasteiger partial charge in [0.1, 0.15) is 0 Å². The van der Waals surface area contributed by atoms with Crippen LogP contribution in [0.1, 0.15) is 46.0 Å². The molecule has 0 saturated carbocycles. The van der Waals surface area contributed by atoms with Gasteiger partial charge in [0.15, 0.2) is 0 Å². The van der Waals surface area contributed by atoms with Crippen molar-refractivity contribution in [3.8, 4) is 0 Å². The van der Waals surface area contributed by atoms with Gasteiger partial charge in [0, 0.05) is 25.2 Å². The van der Waals surface area contributed by atoms with Gasteiger partial charge in [0.2, 0.25) is 5.91 Å². The van der Waals surface area contributed by atoms with Crippen LogP contribution in [0.15, 0.2) is 0 Å². The van der Waals surface area contributed by atoms with Crippen LogP contribution in [0.5, 0.6) is 0 Å². The first kappa shape index (κ1) is 14.8. The lowest BCUT2D eigenvalue weighted by Gasteiger charge is -2.35. The number of nitrogens with zero attached hydrogens (tertiary/aromatic N) is 2. The molecule has 0 spiro atoms. The van der Waals surface area contributed by atoms with Gasteiger partial charge in [-0.05, 0) is 59.0 Å². The molecule has 2 aliphatic rings. The lowest BCUT2D eigenvalue weighted by Crippen LogP contribution is -2.48. The Balaban J connectivity index is 1.64. The van der Waals surface area contributed by atoms with Crippen molar-refractivity contribution in [1.82, 2.24) is 15.1 Å². The molecule has 0 unspecified atom stereocenters. The highest BCUT2D eigenvalue weighted by atomic mass is 16.2. The number of rotatable bonds is 4. The van der Waals surface area contributed by atoms with Gasteiger partial charge >= 0.3 is 0 Å². The van der Waals surface area contributed by atoms with E-state index in [1.54, 1.807) is 0 Å². The molecule has 2 rings (SSSR count). The number of piperidine rings is 2. The van der Waals surface area contributed by atoms with E-state index in [9.17, 15) is 4.79 Å².